The summed E-state index contributed by atoms with van der Waals surface area (Å²) >= 11 is 6.00. The summed E-state index contributed by atoms with van der Waals surface area (Å²) < 4.78 is 22.5. The van der Waals surface area contributed by atoms with Gasteiger partial charge in [-0.1, -0.05) is 35.9 Å². The smallest absolute Gasteiger partial charge is 0.157 e. The topological polar surface area (TPSA) is 49.0 Å². The minimum absolute atomic E-state index is 0.0602. The van der Waals surface area contributed by atoms with Crippen molar-refractivity contribution in [2.24, 2.45) is 0 Å². The number of ether oxygens (including phenoxy) is 4. The van der Waals surface area contributed by atoms with Crippen molar-refractivity contribution in [1.82, 2.24) is 0 Å². The highest BCUT2D eigenvalue weighted by Crippen LogP contribution is 2.23. The lowest BCUT2D eigenvalue weighted by atomic mass is 10.2. The van der Waals surface area contributed by atoms with E-state index in [1.165, 1.54) is 6.42 Å². The van der Waals surface area contributed by atoms with Crippen LogP contribution in [0, 0.1) is 6.07 Å². The summed E-state index contributed by atoms with van der Waals surface area (Å²) in [4.78, 5) is 0. The Bertz CT molecular complexity index is 706. The van der Waals surface area contributed by atoms with Crippen molar-refractivity contribution < 1.29 is 18.9 Å². The quantitative estimate of drug-likeness (QED) is 0.536. The maximum absolute atomic E-state index is 6.00. The summed E-state index contributed by atoms with van der Waals surface area (Å²) in [5.41, 5.74) is 2.98. The first-order chi connectivity index (χ1) is 13.8. The summed E-state index contributed by atoms with van der Waals surface area (Å²) in [5, 5.41) is 3.95. The van der Waals surface area contributed by atoms with E-state index in [1.807, 2.05) is 36.4 Å². The third kappa shape index (κ3) is 7.41. The third-order valence-corrected chi connectivity index (χ3v) is 4.58. The van der Waals surface area contributed by atoms with Gasteiger partial charge in [0.15, 0.2) is 6.29 Å². The Morgan fingerprint density at radius 3 is 2.79 bits per heavy atom. The van der Waals surface area contributed by atoms with Crippen molar-refractivity contribution in [1.29, 1.82) is 0 Å². The lowest BCUT2D eigenvalue weighted by molar-refractivity contribution is -0.169. The molecule has 0 saturated carbocycles. The zero-order chi connectivity index (χ0) is 19.4. The van der Waals surface area contributed by atoms with Crippen LogP contribution in [0.5, 0.6) is 0 Å². The van der Waals surface area contributed by atoms with Gasteiger partial charge in [0.1, 0.15) is 0 Å². The maximum Gasteiger partial charge on any atom is 0.157 e. The predicted molar refractivity (Wildman–Crippen MR) is 110 cm³/mol. The Labute approximate surface area is 171 Å². The Hall–Kier alpha value is -1.63. The van der Waals surface area contributed by atoms with E-state index in [-0.39, 0.29) is 6.29 Å². The van der Waals surface area contributed by atoms with Gasteiger partial charge in [-0.3, -0.25) is 0 Å². The number of para-hydroxylation sites is 1. The third-order valence-electron chi connectivity index (χ3n) is 4.36. The zero-order valence-electron chi connectivity index (χ0n) is 16.0. The fourth-order valence-electron chi connectivity index (χ4n) is 2.92. The summed E-state index contributed by atoms with van der Waals surface area (Å²) in [5.74, 6) is 0. The molecule has 5 nitrogen and oxygen atoms in total. The van der Waals surface area contributed by atoms with Crippen molar-refractivity contribution in [2.75, 3.05) is 38.4 Å². The van der Waals surface area contributed by atoms with E-state index in [1.54, 1.807) is 6.07 Å². The largest absolute Gasteiger partial charge is 0.377 e. The molecular weight excluding hydrogens is 378 g/mol. The second-order valence-electron chi connectivity index (χ2n) is 6.54. The van der Waals surface area contributed by atoms with Crippen LogP contribution in [0.25, 0.3) is 0 Å². The van der Waals surface area contributed by atoms with Gasteiger partial charge in [-0.15, -0.1) is 0 Å². The van der Waals surface area contributed by atoms with Crippen LogP contribution in [-0.4, -0.2) is 39.3 Å². The zero-order valence-corrected chi connectivity index (χ0v) is 16.7. The lowest BCUT2D eigenvalue weighted by Gasteiger charge is -2.22. The molecule has 1 unspecified atom stereocenters. The summed E-state index contributed by atoms with van der Waals surface area (Å²) in [6, 6.07) is 16.5. The van der Waals surface area contributed by atoms with Crippen LogP contribution in [0.3, 0.4) is 0 Å². The minimum atomic E-state index is -0.0602. The minimum Gasteiger partial charge on any atom is -0.377 e. The van der Waals surface area contributed by atoms with Crippen LogP contribution < -0.4 is 5.32 Å². The first kappa shape index (κ1) is 21.1. The van der Waals surface area contributed by atoms with Crippen molar-refractivity contribution in [3.8, 4) is 0 Å². The number of halogens is 1. The molecule has 1 saturated heterocycles. The molecule has 1 aliphatic rings. The molecule has 0 amide bonds. The van der Waals surface area contributed by atoms with Gasteiger partial charge in [-0.2, -0.15) is 0 Å². The Kier molecular flexibility index (Phi) is 9.07. The number of nitrogens with one attached hydrogen (secondary N) is 1. The number of benzene rings is 2. The molecule has 0 spiro atoms. The molecule has 3 rings (SSSR count). The van der Waals surface area contributed by atoms with Crippen LogP contribution in [0.4, 0.5) is 11.4 Å². The molecule has 1 N–H and O–H groups in total. The molecule has 28 heavy (non-hydrogen) atoms. The Morgan fingerprint density at radius 2 is 1.93 bits per heavy atom. The first-order valence-electron chi connectivity index (χ1n) is 9.72. The van der Waals surface area contributed by atoms with Crippen LogP contribution >= 0.6 is 11.6 Å². The standard InChI is InChI=1S/C22H27ClNO4/c23-19-7-5-8-20(16-19)24-21-9-2-1-6-18(21)17-26-13-12-25-14-15-28-22-10-3-4-11-27-22/h1-2,5-6,8-9,16,22,24H,3-4,10-15,17H2. The van der Waals surface area contributed by atoms with Gasteiger partial charge in [-0.05, 0) is 37.5 Å². The van der Waals surface area contributed by atoms with Gasteiger partial charge in [0.25, 0.3) is 0 Å². The molecule has 1 atom stereocenters. The molecule has 0 bridgehead atoms. The summed E-state index contributed by atoms with van der Waals surface area (Å²) in [6.45, 7) is 3.47. The molecular formula is C22H27ClNO4. The number of hydrogen-bond acceptors (Lipinski definition) is 5. The fourth-order valence-corrected chi connectivity index (χ4v) is 3.10. The number of rotatable bonds is 11. The molecule has 2 aromatic carbocycles. The van der Waals surface area contributed by atoms with Crippen molar-refractivity contribution in [2.45, 2.75) is 32.2 Å². The average molecular weight is 405 g/mol. The molecule has 0 aliphatic carbocycles. The maximum atomic E-state index is 6.00. The van der Waals surface area contributed by atoms with Gasteiger partial charge in [0, 0.05) is 29.6 Å². The Morgan fingerprint density at radius 1 is 1.07 bits per heavy atom. The first-order valence-corrected chi connectivity index (χ1v) is 10.1. The molecule has 1 fully saturated rings. The van der Waals surface area contributed by atoms with Crippen molar-refractivity contribution in [3.63, 3.8) is 0 Å². The number of hydrogen-bond donors (Lipinski definition) is 1. The number of anilines is 2. The highest BCUT2D eigenvalue weighted by molar-refractivity contribution is 6.30. The fraction of sp³-hybridized carbons (Fsp3) is 0.455. The van der Waals surface area contributed by atoms with E-state index in [9.17, 15) is 0 Å². The highest BCUT2D eigenvalue weighted by Gasteiger charge is 2.13. The molecule has 151 valence electrons. The average Bonchev–Trinajstić information content (AvgIpc) is 2.72. The SMILES string of the molecule is Clc1[c]ccc(Nc2ccccc2COCCOCCOC2CCCCO2)c1. The van der Waals surface area contributed by atoms with Crippen LogP contribution in [0.15, 0.2) is 42.5 Å². The second kappa shape index (κ2) is 12.0. The summed E-state index contributed by atoms with van der Waals surface area (Å²) in [6.07, 6.45) is 3.22. The van der Waals surface area contributed by atoms with Crippen molar-refractivity contribution in [3.05, 3.63) is 59.1 Å². The van der Waals surface area contributed by atoms with Gasteiger partial charge >= 0.3 is 0 Å². The van der Waals surface area contributed by atoms with Gasteiger partial charge in [-0.25, -0.2) is 0 Å². The molecule has 1 heterocycles. The highest BCUT2D eigenvalue weighted by atomic mass is 35.5. The van der Waals surface area contributed by atoms with E-state index >= 15 is 0 Å². The summed E-state index contributed by atoms with van der Waals surface area (Å²) in [7, 11) is 0. The normalized spacial score (nSPS) is 16.8. The van der Waals surface area contributed by atoms with E-state index in [0.29, 0.717) is 38.1 Å². The van der Waals surface area contributed by atoms with Gasteiger partial charge < -0.3 is 24.3 Å². The van der Waals surface area contributed by atoms with E-state index in [0.717, 1.165) is 36.4 Å². The molecule has 1 radical (unpaired) electrons. The van der Waals surface area contributed by atoms with Crippen molar-refractivity contribution >= 4 is 23.0 Å². The lowest BCUT2D eigenvalue weighted by Crippen LogP contribution is -2.24. The molecule has 1 aliphatic heterocycles. The van der Waals surface area contributed by atoms with Gasteiger partial charge in [0.2, 0.25) is 0 Å². The molecule has 6 heteroatoms. The van der Waals surface area contributed by atoms with E-state index < -0.39 is 0 Å². The van der Waals surface area contributed by atoms with Gasteiger partial charge in [0.05, 0.1) is 38.1 Å². The monoisotopic (exact) mass is 404 g/mol. The van der Waals surface area contributed by atoms with E-state index in [4.69, 9.17) is 30.5 Å². The Balaban J connectivity index is 1.31. The second-order valence-corrected chi connectivity index (χ2v) is 6.95. The van der Waals surface area contributed by atoms with Crippen LogP contribution in [0.1, 0.15) is 24.8 Å². The predicted octanol–water partition coefficient (Wildman–Crippen LogP) is 4.96. The molecule has 2 aromatic rings. The van der Waals surface area contributed by atoms with Crippen LogP contribution in [0.2, 0.25) is 5.02 Å². The van der Waals surface area contributed by atoms with Crippen LogP contribution in [-0.2, 0) is 25.6 Å². The van der Waals surface area contributed by atoms with E-state index in [2.05, 4.69) is 11.4 Å². The molecule has 0 aromatic heterocycles.